The van der Waals surface area contributed by atoms with E-state index in [0.717, 1.165) is 56.5 Å². The molecule has 6 nitrogen and oxygen atoms in total. The van der Waals surface area contributed by atoms with E-state index in [0.29, 0.717) is 5.41 Å². The molecule has 0 amide bonds. The van der Waals surface area contributed by atoms with Crippen LogP contribution in [0.25, 0.3) is 0 Å². The quantitative estimate of drug-likeness (QED) is 0.314. The highest BCUT2D eigenvalue weighted by Gasteiger charge is 2.24. The molecular formula is C17H33IN6. The zero-order valence-electron chi connectivity index (χ0n) is 15.7. The number of halogens is 1. The Bertz CT molecular complexity index is 532. The highest BCUT2D eigenvalue weighted by Crippen LogP contribution is 2.23. The Kier molecular flexibility index (Phi) is 8.45. The van der Waals surface area contributed by atoms with Crippen LogP contribution in [0.15, 0.2) is 4.99 Å². The van der Waals surface area contributed by atoms with E-state index in [1.807, 2.05) is 11.6 Å². The standard InChI is InChI=1S/C17H32N6.HI/c1-6-18-16(19-11-8-10-17(3,4)5)21-14-9-7-12-23-15(14)20-13(2)22-23;/h14H,6-12H2,1-5H3,(H2,18,19,21);1H. The van der Waals surface area contributed by atoms with Crippen LogP contribution in [0.4, 0.5) is 0 Å². The largest absolute Gasteiger partial charge is 0.357 e. The number of aromatic nitrogens is 3. The molecular weight excluding hydrogens is 415 g/mol. The fourth-order valence-corrected chi connectivity index (χ4v) is 2.89. The van der Waals surface area contributed by atoms with Gasteiger partial charge in [-0.1, -0.05) is 20.8 Å². The van der Waals surface area contributed by atoms with Crippen molar-refractivity contribution in [3.8, 4) is 0 Å². The molecule has 0 bridgehead atoms. The number of nitrogens with zero attached hydrogens (tertiary/aromatic N) is 4. The Balaban J connectivity index is 0.00000288. The maximum atomic E-state index is 4.73. The first-order chi connectivity index (χ1) is 10.9. The van der Waals surface area contributed by atoms with Crippen molar-refractivity contribution in [3.05, 3.63) is 11.6 Å². The first-order valence-electron chi connectivity index (χ1n) is 8.85. The molecule has 1 aliphatic heterocycles. The molecule has 0 aliphatic carbocycles. The molecule has 0 saturated heterocycles. The third kappa shape index (κ3) is 6.57. The Morgan fingerprint density at radius 3 is 2.79 bits per heavy atom. The van der Waals surface area contributed by atoms with Crippen molar-refractivity contribution in [1.29, 1.82) is 0 Å². The summed E-state index contributed by atoms with van der Waals surface area (Å²) in [6.07, 6.45) is 4.49. The number of fused-ring (bicyclic) bond motifs is 1. The van der Waals surface area contributed by atoms with E-state index in [-0.39, 0.29) is 30.0 Å². The first kappa shape index (κ1) is 21.2. The maximum Gasteiger partial charge on any atom is 0.191 e. The molecule has 1 atom stereocenters. The minimum Gasteiger partial charge on any atom is -0.357 e. The molecule has 1 unspecified atom stereocenters. The van der Waals surface area contributed by atoms with Crippen LogP contribution < -0.4 is 10.6 Å². The second-order valence-electron chi connectivity index (χ2n) is 7.50. The van der Waals surface area contributed by atoms with Crippen molar-refractivity contribution < 1.29 is 0 Å². The Morgan fingerprint density at radius 1 is 1.38 bits per heavy atom. The highest BCUT2D eigenvalue weighted by atomic mass is 127. The Hall–Kier alpha value is -0.860. The van der Waals surface area contributed by atoms with E-state index in [2.05, 4.69) is 48.4 Å². The Labute approximate surface area is 163 Å². The molecule has 0 saturated carbocycles. The van der Waals surface area contributed by atoms with E-state index in [1.54, 1.807) is 0 Å². The third-order valence-corrected chi connectivity index (χ3v) is 3.99. The topological polar surface area (TPSA) is 67.1 Å². The van der Waals surface area contributed by atoms with Gasteiger partial charge in [-0.25, -0.2) is 9.67 Å². The molecule has 0 fully saturated rings. The second-order valence-corrected chi connectivity index (χ2v) is 7.50. The van der Waals surface area contributed by atoms with Gasteiger partial charge in [-0.3, -0.25) is 4.99 Å². The van der Waals surface area contributed by atoms with Crippen molar-refractivity contribution >= 4 is 29.9 Å². The van der Waals surface area contributed by atoms with Crippen LogP contribution in [0.1, 0.15) is 71.1 Å². The minimum absolute atomic E-state index is 0. The lowest BCUT2D eigenvalue weighted by Gasteiger charge is -2.25. The van der Waals surface area contributed by atoms with Crippen LogP contribution >= 0.6 is 24.0 Å². The Morgan fingerprint density at radius 2 is 2.12 bits per heavy atom. The van der Waals surface area contributed by atoms with Gasteiger partial charge in [-0.05, 0) is 44.9 Å². The van der Waals surface area contributed by atoms with Gasteiger partial charge in [0.05, 0.1) is 6.04 Å². The molecule has 1 aromatic rings. The SMILES string of the molecule is CCNC(=NCCCC(C)(C)C)NC1CCCn2nc(C)nc21.I. The van der Waals surface area contributed by atoms with E-state index in [9.17, 15) is 0 Å². The fraction of sp³-hybridized carbons (Fsp3) is 0.824. The first-order valence-corrected chi connectivity index (χ1v) is 8.85. The molecule has 0 radical (unpaired) electrons. The number of hydrogen-bond donors (Lipinski definition) is 2. The van der Waals surface area contributed by atoms with Crippen LogP contribution in [0.3, 0.4) is 0 Å². The predicted octanol–water partition coefficient (Wildman–Crippen LogP) is 3.42. The van der Waals surface area contributed by atoms with Gasteiger partial charge in [0.25, 0.3) is 0 Å². The number of hydrogen-bond acceptors (Lipinski definition) is 3. The average Bonchev–Trinajstić information content (AvgIpc) is 2.84. The lowest BCUT2D eigenvalue weighted by atomic mass is 9.91. The van der Waals surface area contributed by atoms with Crippen molar-refractivity contribution in [2.24, 2.45) is 10.4 Å². The highest BCUT2D eigenvalue weighted by molar-refractivity contribution is 14.0. The molecule has 2 heterocycles. The van der Waals surface area contributed by atoms with E-state index in [4.69, 9.17) is 4.99 Å². The maximum absolute atomic E-state index is 4.73. The van der Waals surface area contributed by atoms with Crippen molar-refractivity contribution in [1.82, 2.24) is 25.4 Å². The van der Waals surface area contributed by atoms with Crippen LogP contribution in [-0.2, 0) is 6.54 Å². The van der Waals surface area contributed by atoms with Gasteiger partial charge >= 0.3 is 0 Å². The van der Waals surface area contributed by atoms with Crippen molar-refractivity contribution in [2.45, 2.75) is 72.9 Å². The van der Waals surface area contributed by atoms with Gasteiger partial charge in [-0.15, -0.1) is 24.0 Å². The van der Waals surface area contributed by atoms with Gasteiger partial charge in [0.2, 0.25) is 0 Å². The molecule has 0 aromatic carbocycles. The van der Waals surface area contributed by atoms with Gasteiger partial charge < -0.3 is 10.6 Å². The van der Waals surface area contributed by atoms with Crippen LogP contribution in [0, 0.1) is 12.3 Å². The molecule has 1 aromatic heterocycles. The normalized spacial score (nSPS) is 17.9. The van der Waals surface area contributed by atoms with Gasteiger partial charge in [-0.2, -0.15) is 5.10 Å². The molecule has 24 heavy (non-hydrogen) atoms. The predicted molar refractivity (Wildman–Crippen MR) is 110 cm³/mol. The van der Waals surface area contributed by atoms with Crippen LogP contribution in [0.5, 0.6) is 0 Å². The molecule has 2 rings (SSSR count). The van der Waals surface area contributed by atoms with E-state index in [1.165, 1.54) is 6.42 Å². The number of rotatable bonds is 5. The summed E-state index contributed by atoms with van der Waals surface area (Å²) in [5.41, 5.74) is 0.374. The van der Waals surface area contributed by atoms with Crippen LogP contribution in [0.2, 0.25) is 0 Å². The van der Waals surface area contributed by atoms with Gasteiger partial charge in [0.15, 0.2) is 5.96 Å². The minimum atomic E-state index is 0. The number of aryl methyl sites for hydroxylation is 2. The number of nitrogens with one attached hydrogen (secondary N) is 2. The molecule has 2 N–H and O–H groups in total. The second kappa shape index (κ2) is 9.58. The summed E-state index contributed by atoms with van der Waals surface area (Å²) in [5, 5.41) is 11.3. The number of aliphatic imine (C=N–C) groups is 1. The lowest BCUT2D eigenvalue weighted by molar-refractivity contribution is 0.368. The molecule has 7 heteroatoms. The summed E-state index contributed by atoms with van der Waals surface area (Å²) < 4.78 is 2.03. The smallest absolute Gasteiger partial charge is 0.191 e. The average molecular weight is 448 g/mol. The van der Waals surface area contributed by atoms with E-state index < -0.39 is 0 Å². The summed E-state index contributed by atoms with van der Waals surface area (Å²) >= 11 is 0. The van der Waals surface area contributed by atoms with Crippen molar-refractivity contribution in [3.63, 3.8) is 0 Å². The summed E-state index contributed by atoms with van der Waals surface area (Å²) in [6, 6.07) is 0.199. The lowest BCUT2D eigenvalue weighted by Crippen LogP contribution is -2.41. The summed E-state index contributed by atoms with van der Waals surface area (Å²) in [4.78, 5) is 9.31. The fourth-order valence-electron chi connectivity index (χ4n) is 2.89. The van der Waals surface area contributed by atoms with Crippen molar-refractivity contribution in [2.75, 3.05) is 13.1 Å². The zero-order chi connectivity index (χ0) is 16.9. The molecule has 0 spiro atoms. The van der Waals surface area contributed by atoms with Crippen LogP contribution in [-0.4, -0.2) is 33.8 Å². The third-order valence-electron chi connectivity index (χ3n) is 3.99. The van der Waals surface area contributed by atoms with Gasteiger partial charge in [0.1, 0.15) is 11.6 Å². The summed E-state index contributed by atoms with van der Waals surface area (Å²) in [6.45, 7) is 13.6. The summed E-state index contributed by atoms with van der Waals surface area (Å²) in [5.74, 6) is 2.77. The van der Waals surface area contributed by atoms with Gasteiger partial charge in [0, 0.05) is 19.6 Å². The number of guanidine groups is 1. The molecule has 1 aliphatic rings. The zero-order valence-corrected chi connectivity index (χ0v) is 18.1. The molecule has 138 valence electrons. The monoisotopic (exact) mass is 448 g/mol. The summed E-state index contributed by atoms with van der Waals surface area (Å²) in [7, 11) is 0. The van der Waals surface area contributed by atoms with E-state index >= 15 is 0 Å².